The van der Waals surface area contributed by atoms with Crippen LogP contribution in [0.4, 0.5) is 0 Å². The predicted octanol–water partition coefficient (Wildman–Crippen LogP) is 4.21. The Morgan fingerprint density at radius 3 is 2.84 bits per heavy atom. The number of hydrogen-bond acceptors (Lipinski definition) is 4. The van der Waals surface area contributed by atoms with Crippen molar-refractivity contribution in [1.82, 2.24) is 14.6 Å². The van der Waals surface area contributed by atoms with Crippen LogP contribution in [0.5, 0.6) is 0 Å². The van der Waals surface area contributed by atoms with E-state index in [1.165, 1.54) is 10.4 Å². The van der Waals surface area contributed by atoms with Gasteiger partial charge in [0.1, 0.15) is 5.76 Å². The second kappa shape index (κ2) is 5.88. The minimum absolute atomic E-state index is 0.0870. The van der Waals surface area contributed by atoms with E-state index in [4.69, 9.17) is 4.52 Å². The fourth-order valence-electron chi connectivity index (χ4n) is 3.73. The second-order valence-electron chi connectivity index (χ2n) is 6.64. The van der Waals surface area contributed by atoms with Gasteiger partial charge in [0.2, 0.25) is 0 Å². The summed E-state index contributed by atoms with van der Waals surface area (Å²) in [5.74, 6) is 1.56. The Morgan fingerprint density at radius 2 is 2.12 bits per heavy atom. The molecule has 3 aromatic rings. The van der Waals surface area contributed by atoms with Crippen LogP contribution in [0.25, 0.3) is 5.82 Å². The summed E-state index contributed by atoms with van der Waals surface area (Å²) < 4.78 is 7.18. The molecule has 1 amide bonds. The summed E-state index contributed by atoms with van der Waals surface area (Å²) in [5.41, 5.74) is 3.91. The summed E-state index contributed by atoms with van der Waals surface area (Å²) in [6.45, 7) is 8.70. The molecule has 130 valence electrons. The van der Waals surface area contributed by atoms with E-state index in [9.17, 15) is 4.79 Å². The third-order valence-corrected chi connectivity index (χ3v) is 6.04. The number of aromatic nitrogens is 2. The largest absolute Gasteiger partial charge is 0.360 e. The highest BCUT2D eigenvalue weighted by molar-refractivity contribution is 7.10. The lowest BCUT2D eigenvalue weighted by atomic mass is 10.0. The molecule has 0 bridgehead atoms. The molecule has 0 fully saturated rings. The molecule has 0 saturated heterocycles. The van der Waals surface area contributed by atoms with Gasteiger partial charge >= 0.3 is 0 Å². The molecule has 0 radical (unpaired) electrons. The van der Waals surface area contributed by atoms with Gasteiger partial charge in [-0.15, -0.1) is 11.3 Å². The minimum atomic E-state index is 0.0870. The van der Waals surface area contributed by atoms with Crippen LogP contribution in [0.3, 0.4) is 0 Å². The van der Waals surface area contributed by atoms with E-state index >= 15 is 0 Å². The summed E-state index contributed by atoms with van der Waals surface area (Å²) in [6, 6.07) is 6.10. The van der Waals surface area contributed by atoms with Gasteiger partial charge in [-0.2, -0.15) is 0 Å². The number of carbonyl (C=O) groups is 1. The zero-order valence-electron chi connectivity index (χ0n) is 14.9. The summed E-state index contributed by atoms with van der Waals surface area (Å²) >= 11 is 1.79. The van der Waals surface area contributed by atoms with Crippen LogP contribution < -0.4 is 0 Å². The molecule has 0 N–H and O–H groups in total. The van der Waals surface area contributed by atoms with Crippen molar-refractivity contribution < 1.29 is 9.32 Å². The van der Waals surface area contributed by atoms with Crippen molar-refractivity contribution in [2.45, 2.75) is 40.2 Å². The highest BCUT2D eigenvalue weighted by atomic mass is 32.1. The average molecular weight is 355 g/mol. The maximum atomic E-state index is 13.2. The van der Waals surface area contributed by atoms with Crippen molar-refractivity contribution in [1.29, 1.82) is 0 Å². The van der Waals surface area contributed by atoms with Crippen LogP contribution in [0, 0.1) is 20.8 Å². The van der Waals surface area contributed by atoms with Crippen LogP contribution in [-0.2, 0) is 6.42 Å². The maximum absolute atomic E-state index is 13.2. The van der Waals surface area contributed by atoms with Gasteiger partial charge in [-0.3, -0.25) is 9.36 Å². The SMILES string of the molecule is Cc1cc(-n2c(C)cc(C(=O)N3CCc4sccc4C3C)c2C)no1. The molecule has 5 nitrogen and oxygen atoms in total. The van der Waals surface area contributed by atoms with E-state index in [-0.39, 0.29) is 11.9 Å². The molecule has 0 aromatic carbocycles. The average Bonchev–Trinajstić information content (AvgIpc) is 3.27. The molecule has 4 rings (SSSR count). The van der Waals surface area contributed by atoms with Crippen molar-refractivity contribution in [2.24, 2.45) is 0 Å². The van der Waals surface area contributed by atoms with Gasteiger partial charge in [0, 0.05) is 28.9 Å². The molecule has 25 heavy (non-hydrogen) atoms. The molecule has 1 aliphatic heterocycles. The van der Waals surface area contributed by atoms with Gasteiger partial charge in [-0.05, 0) is 57.2 Å². The number of fused-ring (bicyclic) bond motifs is 1. The fourth-order valence-corrected chi connectivity index (χ4v) is 4.69. The first-order chi connectivity index (χ1) is 12.0. The summed E-state index contributed by atoms with van der Waals surface area (Å²) in [6.07, 6.45) is 0.935. The molecule has 0 saturated carbocycles. The Morgan fingerprint density at radius 1 is 1.32 bits per heavy atom. The Hall–Kier alpha value is -2.34. The highest BCUT2D eigenvalue weighted by Crippen LogP contribution is 2.34. The number of rotatable bonds is 2. The maximum Gasteiger partial charge on any atom is 0.256 e. The molecule has 4 heterocycles. The second-order valence-corrected chi connectivity index (χ2v) is 7.64. The van der Waals surface area contributed by atoms with E-state index in [1.54, 1.807) is 11.3 Å². The standard InChI is InChI=1S/C19H21N3O2S/c1-11-9-16(14(4)22(11)18-10-12(2)24-20-18)19(23)21-7-5-17-15(13(21)3)6-8-25-17/h6,8-10,13H,5,7H2,1-4H3. The lowest BCUT2D eigenvalue weighted by Crippen LogP contribution is -2.38. The third-order valence-electron chi connectivity index (χ3n) is 5.04. The number of amides is 1. The molecular weight excluding hydrogens is 334 g/mol. The zero-order valence-corrected chi connectivity index (χ0v) is 15.7. The third kappa shape index (κ3) is 2.52. The number of carbonyl (C=O) groups excluding carboxylic acids is 1. The summed E-state index contributed by atoms with van der Waals surface area (Å²) in [5, 5.41) is 6.21. The predicted molar refractivity (Wildman–Crippen MR) is 97.5 cm³/mol. The van der Waals surface area contributed by atoms with Crippen LogP contribution in [0.15, 0.2) is 28.1 Å². The Balaban J connectivity index is 1.70. The van der Waals surface area contributed by atoms with Crippen LogP contribution >= 0.6 is 11.3 Å². The number of aryl methyl sites for hydroxylation is 2. The van der Waals surface area contributed by atoms with Gasteiger partial charge in [-0.1, -0.05) is 5.16 Å². The first-order valence-electron chi connectivity index (χ1n) is 8.47. The monoisotopic (exact) mass is 355 g/mol. The van der Waals surface area contributed by atoms with Gasteiger partial charge in [0.25, 0.3) is 5.91 Å². The molecule has 6 heteroatoms. The van der Waals surface area contributed by atoms with E-state index in [2.05, 4.69) is 23.5 Å². The molecule has 0 spiro atoms. The van der Waals surface area contributed by atoms with Crippen molar-refractivity contribution in [3.8, 4) is 5.82 Å². The Kier molecular flexibility index (Phi) is 3.80. The van der Waals surface area contributed by atoms with E-state index in [0.29, 0.717) is 0 Å². The first kappa shape index (κ1) is 16.1. The molecular formula is C19H21N3O2S. The lowest BCUT2D eigenvalue weighted by Gasteiger charge is -2.33. The highest BCUT2D eigenvalue weighted by Gasteiger charge is 2.31. The van der Waals surface area contributed by atoms with Gasteiger partial charge in [0.15, 0.2) is 5.82 Å². The van der Waals surface area contributed by atoms with Crippen LogP contribution in [0.1, 0.15) is 50.9 Å². The number of hydrogen-bond donors (Lipinski definition) is 0. The van der Waals surface area contributed by atoms with Gasteiger partial charge < -0.3 is 9.42 Å². The van der Waals surface area contributed by atoms with Gasteiger partial charge in [-0.25, -0.2) is 0 Å². The van der Waals surface area contributed by atoms with Crippen molar-refractivity contribution in [3.05, 3.63) is 56.7 Å². The topological polar surface area (TPSA) is 51.3 Å². The van der Waals surface area contributed by atoms with E-state index < -0.39 is 0 Å². The van der Waals surface area contributed by atoms with Crippen molar-refractivity contribution >= 4 is 17.2 Å². The summed E-state index contributed by atoms with van der Waals surface area (Å²) in [4.78, 5) is 16.6. The summed E-state index contributed by atoms with van der Waals surface area (Å²) in [7, 11) is 0. The van der Waals surface area contributed by atoms with Crippen molar-refractivity contribution in [3.63, 3.8) is 0 Å². The fraction of sp³-hybridized carbons (Fsp3) is 0.368. The Bertz CT molecular complexity index is 950. The van der Waals surface area contributed by atoms with E-state index in [0.717, 1.165) is 41.5 Å². The molecule has 1 atom stereocenters. The van der Waals surface area contributed by atoms with E-state index in [1.807, 2.05) is 42.4 Å². The smallest absolute Gasteiger partial charge is 0.256 e. The Labute approximate surface area is 150 Å². The molecule has 1 aliphatic rings. The normalized spacial score (nSPS) is 17.0. The number of thiophene rings is 1. The lowest BCUT2D eigenvalue weighted by molar-refractivity contribution is 0.0678. The van der Waals surface area contributed by atoms with Gasteiger partial charge in [0.05, 0.1) is 11.6 Å². The molecule has 1 unspecified atom stereocenters. The zero-order chi connectivity index (χ0) is 17.7. The van der Waals surface area contributed by atoms with Crippen LogP contribution in [0.2, 0.25) is 0 Å². The molecule has 0 aliphatic carbocycles. The van der Waals surface area contributed by atoms with Crippen molar-refractivity contribution in [2.75, 3.05) is 6.54 Å². The van der Waals surface area contributed by atoms with Crippen LogP contribution in [-0.4, -0.2) is 27.1 Å². The quantitative estimate of drug-likeness (QED) is 0.692. The number of nitrogens with zero attached hydrogens (tertiary/aromatic N) is 3. The minimum Gasteiger partial charge on any atom is -0.360 e. The molecule has 3 aromatic heterocycles. The first-order valence-corrected chi connectivity index (χ1v) is 9.35.